The summed E-state index contributed by atoms with van der Waals surface area (Å²) in [7, 11) is 2.18. The lowest BCUT2D eigenvalue weighted by atomic mass is 10.1. The summed E-state index contributed by atoms with van der Waals surface area (Å²) in [5.74, 6) is 0. The minimum Gasteiger partial charge on any atom is -0.398 e. The minimum absolute atomic E-state index is 0.715. The van der Waals surface area contributed by atoms with Gasteiger partial charge in [0, 0.05) is 24.5 Å². The average Bonchev–Trinajstić information content (AvgIpc) is 2.74. The molecule has 0 heterocycles. The maximum Gasteiger partial charge on any atom is 0.0386 e. The molecule has 1 aromatic carbocycles. The van der Waals surface area contributed by atoms with Gasteiger partial charge in [0.05, 0.1) is 0 Å². The van der Waals surface area contributed by atoms with Crippen LogP contribution in [0.25, 0.3) is 0 Å². The normalized spacial score (nSPS) is 16.9. The van der Waals surface area contributed by atoms with Crippen LogP contribution in [0.4, 0.5) is 11.4 Å². The van der Waals surface area contributed by atoms with Gasteiger partial charge in [-0.25, -0.2) is 0 Å². The highest BCUT2D eigenvalue weighted by atomic mass is 15.1. The van der Waals surface area contributed by atoms with E-state index in [1.807, 2.05) is 0 Å². The molecule has 15 heavy (non-hydrogen) atoms. The molecule has 0 saturated heterocycles. The topological polar surface area (TPSA) is 29.3 Å². The molecule has 1 aliphatic carbocycles. The number of aryl methyl sites for hydroxylation is 1. The standard InChI is InChI=1S/C13H20N2/c1-10-7-8-12(9-13(10)14)15(2)11-5-3-4-6-11/h7-9,11H,3-6,14H2,1-2H3. The van der Waals surface area contributed by atoms with Gasteiger partial charge >= 0.3 is 0 Å². The summed E-state index contributed by atoms with van der Waals surface area (Å²) < 4.78 is 0. The predicted octanol–water partition coefficient (Wildman–Crippen LogP) is 2.96. The number of hydrogen-bond donors (Lipinski definition) is 1. The molecule has 2 rings (SSSR count). The van der Waals surface area contributed by atoms with Crippen molar-refractivity contribution in [3.63, 3.8) is 0 Å². The van der Waals surface area contributed by atoms with E-state index in [1.54, 1.807) is 0 Å². The zero-order chi connectivity index (χ0) is 10.8. The second-order valence-corrected chi connectivity index (χ2v) is 4.59. The fourth-order valence-electron chi connectivity index (χ4n) is 2.35. The van der Waals surface area contributed by atoms with Crippen molar-refractivity contribution >= 4 is 11.4 Å². The lowest BCUT2D eigenvalue weighted by molar-refractivity contribution is 0.653. The molecule has 2 heteroatoms. The van der Waals surface area contributed by atoms with Gasteiger partial charge in [-0.05, 0) is 37.5 Å². The second kappa shape index (κ2) is 4.13. The lowest BCUT2D eigenvalue weighted by Crippen LogP contribution is -2.28. The third-order valence-corrected chi connectivity index (χ3v) is 3.54. The van der Waals surface area contributed by atoms with Crippen LogP contribution in [-0.4, -0.2) is 13.1 Å². The largest absolute Gasteiger partial charge is 0.398 e. The van der Waals surface area contributed by atoms with Crippen LogP contribution in [0.15, 0.2) is 18.2 Å². The van der Waals surface area contributed by atoms with E-state index in [9.17, 15) is 0 Å². The molecule has 2 nitrogen and oxygen atoms in total. The van der Waals surface area contributed by atoms with Gasteiger partial charge in [-0.1, -0.05) is 18.9 Å². The molecule has 1 aliphatic rings. The predicted molar refractivity (Wildman–Crippen MR) is 66.3 cm³/mol. The highest BCUT2D eigenvalue weighted by molar-refractivity contribution is 5.59. The molecule has 2 N–H and O–H groups in total. The summed E-state index contributed by atoms with van der Waals surface area (Å²) in [6.45, 7) is 2.05. The molecule has 0 unspecified atom stereocenters. The van der Waals surface area contributed by atoms with Crippen LogP contribution in [0.2, 0.25) is 0 Å². The second-order valence-electron chi connectivity index (χ2n) is 4.59. The van der Waals surface area contributed by atoms with Gasteiger partial charge in [-0.2, -0.15) is 0 Å². The van der Waals surface area contributed by atoms with Crippen molar-refractivity contribution in [2.75, 3.05) is 17.7 Å². The minimum atomic E-state index is 0.715. The van der Waals surface area contributed by atoms with Gasteiger partial charge in [0.1, 0.15) is 0 Å². The Balaban J connectivity index is 2.17. The average molecular weight is 204 g/mol. The zero-order valence-electron chi connectivity index (χ0n) is 9.66. The van der Waals surface area contributed by atoms with Gasteiger partial charge in [0.25, 0.3) is 0 Å². The summed E-state index contributed by atoms with van der Waals surface area (Å²) in [5, 5.41) is 0. The van der Waals surface area contributed by atoms with E-state index in [2.05, 4.69) is 37.1 Å². The van der Waals surface area contributed by atoms with Crippen LogP contribution in [-0.2, 0) is 0 Å². The molecule has 0 bridgehead atoms. The third kappa shape index (κ3) is 2.09. The fourth-order valence-corrected chi connectivity index (χ4v) is 2.35. The van der Waals surface area contributed by atoms with Crippen LogP contribution in [0.3, 0.4) is 0 Å². The van der Waals surface area contributed by atoms with Crippen LogP contribution in [0, 0.1) is 6.92 Å². The Morgan fingerprint density at radius 2 is 1.93 bits per heavy atom. The van der Waals surface area contributed by atoms with Gasteiger partial charge < -0.3 is 10.6 Å². The number of hydrogen-bond acceptors (Lipinski definition) is 2. The van der Waals surface area contributed by atoms with Crippen molar-refractivity contribution in [1.82, 2.24) is 0 Å². The number of nitrogens with two attached hydrogens (primary N) is 1. The molecule has 1 fully saturated rings. The summed E-state index contributed by atoms with van der Waals surface area (Å²) >= 11 is 0. The monoisotopic (exact) mass is 204 g/mol. The summed E-state index contributed by atoms with van der Waals surface area (Å²) in [5.41, 5.74) is 9.25. The fraction of sp³-hybridized carbons (Fsp3) is 0.538. The van der Waals surface area contributed by atoms with Crippen molar-refractivity contribution in [2.45, 2.75) is 38.6 Å². The number of anilines is 2. The molecule has 0 amide bonds. The van der Waals surface area contributed by atoms with Crippen LogP contribution >= 0.6 is 0 Å². The molecule has 82 valence electrons. The first-order valence-corrected chi connectivity index (χ1v) is 5.77. The molecule has 0 aliphatic heterocycles. The smallest absolute Gasteiger partial charge is 0.0386 e. The van der Waals surface area contributed by atoms with Crippen LogP contribution < -0.4 is 10.6 Å². The Bertz CT molecular complexity index is 340. The van der Waals surface area contributed by atoms with E-state index >= 15 is 0 Å². The Morgan fingerprint density at radius 3 is 2.53 bits per heavy atom. The third-order valence-electron chi connectivity index (χ3n) is 3.54. The maximum absolute atomic E-state index is 5.93. The van der Waals surface area contributed by atoms with E-state index in [0.29, 0.717) is 6.04 Å². The number of benzene rings is 1. The van der Waals surface area contributed by atoms with Crippen LogP contribution in [0.1, 0.15) is 31.2 Å². The van der Waals surface area contributed by atoms with E-state index < -0.39 is 0 Å². The van der Waals surface area contributed by atoms with Crippen molar-refractivity contribution in [3.05, 3.63) is 23.8 Å². The van der Waals surface area contributed by atoms with Gasteiger partial charge in [-0.15, -0.1) is 0 Å². The Morgan fingerprint density at radius 1 is 1.27 bits per heavy atom. The molecule has 1 saturated carbocycles. The summed E-state index contributed by atoms with van der Waals surface area (Å²) in [6, 6.07) is 7.08. The first-order chi connectivity index (χ1) is 7.18. The van der Waals surface area contributed by atoms with Gasteiger partial charge in [0.15, 0.2) is 0 Å². The number of nitrogens with zero attached hydrogens (tertiary/aromatic N) is 1. The summed E-state index contributed by atoms with van der Waals surface area (Å²) in [4.78, 5) is 2.38. The first kappa shape index (κ1) is 10.3. The number of nitrogen functional groups attached to an aromatic ring is 1. The van der Waals surface area contributed by atoms with E-state index in [1.165, 1.54) is 36.9 Å². The van der Waals surface area contributed by atoms with E-state index in [-0.39, 0.29) is 0 Å². The van der Waals surface area contributed by atoms with Crippen molar-refractivity contribution in [1.29, 1.82) is 0 Å². The van der Waals surface area contributed by atoms with E-state index in [4.69, 9.17) is 5.73 Å². The van der Waals surface area contributed by atoms with E-state index in [0.717, 1.165) is 5.69 Å². The molecule has 0 radical (unpaired) electrons. The lowest BCUT2D eigenvalue weighted by Gasteiger charge is -2.27. The SMILES string of the molecule is Cc1ccc(N(C)C2CCCC2)cc1N. The molecular weight excluding hydrogens is 184 g/mol. The van der Waals surface area contributed by atoms with Gasteiger partial charge in [-0.3, -0.25) is 0 Å². The van der Waals surface area contributed by atoms with Crippen molar-refractivity contribution in [2.24, 2.45) is 0 Å². The maximum atomic E-state index is 5.93. The van der Waals surface area contributed by atoms with Crippen LogP contribution in [0.5, 0.6) is 0 Å². The molecule has 0 atom stereocenters. The number of rotatable bonds is 2. The molecule has 0 aromatic heterocycles. The zero-order valence-corrected chi connectivity index (χ0v) is 9.66. The molecule has 1 aromatic rings. The van der Waals surface area contributed by atoms with Crippen molar-refractivity contribution in [3.8, 4) is 0 Å². The van der Waals surface area contributed by atoms with Crippen molar-refractivity contribution < 1.29 is 0 Å². The highest BCUT2D eigenvalue weighted by Gasteiger charge is 2.19. The quantitative estimate of drug-likeness (QED) is 0.750. The highest BCUT2D eigenvalue weighted by Crippen LogP contribution is 2.28. The Kier molecular flexibility index (Phi) is 2.85. The molecular formula is C13H20N2. The Labute approximate surface area is 92.1 Å². The Hall–Kier alpha value is -1.18. The molecule has 0 spiro atoms. The summed E-state index contributed by atoms with van der Waals surface area (Å²) in [6.07, 6.45) is 5.39. The van der Waals surface area contributed by atoms with Gasteiger partial charge in [0.2, 0.25) is 0 Å². The first-order valence-electron chi connectivity index (χ1n) is 5.77.